The fraction of sp³-hybridized carbons (Fsp3) is 0.654. The van der Waals surface area contributed by atoms with Gasteiger partial charge in [0.1, 0.15) is 17.3 Å². The van der Waals surface area contributed by atoms with Crippen LogP contribution in [0.2, 0.25) is 0 Å². The zero-order valence-corrected chi connectivity index (χ0v) is 23.1. The molecule has 6 rings (SSSR count). The lowest BCUT2D eigenvalue weighted by molar-refractivity contribution is 0.0973. The maximum absolute atomic E-state index is 13.5. The number of nitrogen functional groups attached to an aromatic ring is 1. The van der Waals surface area contributed by atoms with Crippen LogP contribution in [-0.4, -0.2) is 79.3 Å². The average Bonchev–Trinajstić information content (AvgIpc) is 3.46. The summed E-state index contributed by atoms with van der Waals surface area (Å²) in [5.41, 5.74) is 12.7. The minimum atomic E-state index is -0.173. The number of fused-ring (bicyclic) bond motifs is 3. The Morgan fingerprint density at radius 3 is 2.82 bits per heavy atom. The number of hydrogen-bond acceptors (Lipinski definition) is 11. The minimum Gasteiger partial charge on any atom is -0.486 e. The van der Waals surface area contributed by atoms with Crippen LogP contribution < -0.4 is 31.6 Å². The highest BCUT2D eigenvalue weighted by atomic mass is 32.2. The summed E-state index contributed by atoms with van der Waals surface area (Å²) in [6, 6.07) is 2.18. The monoisotopic (exact) mass is 543 g/mol. The molecule has 11 nitrogen and oxygen atoms in total. The summed E-state index contributed by atoms with van der Waals surface area (Å²) in [4.78, 5) is 28.5. The Bertz CT molecular complexity index is 1260. The van der Waals surface area contributed by atoms with Crippen molar-refractivity contribution in [1.82, 2.24) is 14.5 Å². The minimum absolute atomic E-state index is 0.00547. The molecule has 38 heavy (non-hydrogen) atoms. The van der Waals surface area contributed by atoms with Crippen LogP contribution in [0.25, 0.3) is 0 Å². The molecule has 1 unspecified atom stereocenters. The van der Waals surface area contributed by atoms with Gasteiger partial charge in [-0.15, -0.1) is 0 Å². The van der Waals surface area contributed by atoms with Crippen molar-refractivity contribution < 1.29 is 14.2 Å². The molecule has 0 aliphatic carbocycles. The van der Waals surface area contributed by atoms with Crippen molar-refractivity contribution in [3.05, 3.63) is 22.6 Å². The number of anilines is 3. The van der Waals surface area contributed by atoms with E-state index < -0.39 is 0 Å². The van der Waals surface area contributed by atoms with E-state index >= 15 is 0 Å². The Morgan fingerprint density at radius 2 is 2.11 bits per heavy atom. The summed E-state index contributed by atoms with van der Waals surface area (Å²) in [6.45, 7) is 6.42. The molecule has 4 aliphatic heterocycles. The van der Waals surface area contributed by atoms with Crippen LogP contribution in [0.1, 0.15) is 26.2 Å². The van der Waals surface area contributed by atoms with E-state index in [1.807, 2.05) is 13.0 Å². The van der Waals surface area contributed by atoms with Crippen LogP contribution in [0.15, 0.2) is 26.8 Å². The molecule has 2 aromatic rings. The van der Waals surface area contributed by atoms with Crippen molar-refractivity contribution >= 4 is 29.3 Å². The van der Waals surface area contributed by atoms with Crippen molar-refractivity contribution in [1.29, 1.82) is 0 Å². The van der Waals surface area contributed by atoms with Crippen molar-refractivity contribution in [2.24, 2.45) is 24.1 Å². The normalized spacial score (nSPS) is 27.9. The van der Waals surface area contributed by atoms with E-state index in [4.69, 9.17) is 30.7 Å². The highest BCUT2D eigenvalue weighted by Gasteiger charge is 2.48. The van der Waals surface area contributed by atoms with Crippen molar-refractivity contribution in [2.45, 2.75) is 54.2 Å². The van der Waals surface area contributed by atoms with Crippen LogP contribution in [0.4, 0.5) is 17.6 Å². The van der Waals surface area contributed by atoms with Crippen LogP contribution in [-0.2, 0) is 16.5 Å². The summed E-state index contributed by atoms with van der Waals surface area (Å²) in [5, 5.41) is 0. The zero-order valence-electron chi connectivity index (χ0n) is 22.3. The fourth-order valence-corrected chi connectivity index (χ4v) is 7.47. The molecule has 12 heteroatoms. The van der Waals surface area contributed by atoms with Gasteiger partial charge in [-0.3, -0.25) is 9.36 Å². The molecule has 0 amide bonds. The van der Waals surface area contributed by atoms with Gasteiger partial charge in [-0.05, 0) is 32.3 Å². The number of rotatable bonds is 5. The van der Waals surface area contributed by atoms with Crippen LogP contribution in [0.3, 0.4) is 0 Å². The molecule has 4 N–H and O–H groups in total. The second kappa shape index (κ2) is 9.89. The first kappa shape index (κ1) is 25.7. The Kier molecular flexibility index (Phi) is 6.69. The molecular formula is C26H37N7O4S. The average molecular weight is 544 g/mol. The highest BCUT2D eigenvalue weighted by Crippen LogP contribution is 2.46. The molecule has 0 aromatic carbocycles. The predicted molar refractivity (Wildman–Crippen MR) is 146 cm³/mol. The molecule has 2 aromatic heterocycles. The molecule has 6 heterocycles. The molecular weight excluding hydrogens is 506 g/mol. The molecule has 0 bridgehead atoms. The van der Waals surface area contributed by atoms with Gasteiger partial charge < -0.3 is 35.5 Å². The van der Waals surface area contributed by atoms with E-state index in [0.29, 0.717) is 35.7 Å². The molecule has 4 atom stereocenters. The van der Waals surface area contributed by atoms with Gasteiger partial charge in [-0.2, -0.15) is 4.98 Å². The van der Waals surface area contributed by atoms with Crippen molar-refractivity contribution in [3.8, 4) is 5.75 Å². The fourth-order valence-electron chi connectivity index (χ4n) is 6.51. The number of nitrogens with two attached hydrogens (primary N) is 2. The lowest BCUT2D eigenvalue weighted by Gasteiger charge is -2.41. The zero-order chi connectivity index (χ0) is 26.6. The van der Waals surface area contributed by atoms with Crippen LogP contribution in [0.5, 0.6) is 5.75 Å². The molecule has 0 saturated carbocycles. The van der Waals surface area contributed by atoms with Gasteiger partial charge in [-0.25, -0.2) is 4.98 Å². The molecule has 1 spiro atoms. The first-order chi connectivity index (χ1) is 18.3. The smallest absolute Gasteiger partial charge is 0.270 e. The molecule has 3 saturated heterocycles. The summed E-state index contributed by atoms with van der Waals surface area (Å²) in [6.07, 6.45) is 4.64. The summed E-state index contributed by atoms with van der Waals surface area (Å²) in [5.74, 6) is 2.77. The van der Waals surface area contributed by atoms with Crippen LogP contribution in [0, 0.1) is 11.3 Å². The quantitative estimate of drug-likeness (QED) is 0.568. The van der Waals surface area contributed by atoms with Gasteiger partial charge in [0.05, 0.1) is 30.3 Å². The number of aromatic nitrogens is 3. The van der Waals surface area contributed by atoms with E-state index in [9.17, 15) is 4.79 Å². The number of ether oxygens (including phenoxy) is 3. The molecule has 3 fully saturated rings. The third-order valence-corrected chi connectivity index (χ3v) is 9.93. The van der Waals surface area contributed by atoms with E-state index in [-0.39, 0.29) is 35.0 Å². The second-order valence-electron chi connectivity index (χ2n) is 11.1. The number of methoxy groups -OCH3 is 1. The Balaban J connectivity index is 1.23. The molecule has 206 valence electrons. The van der Waals surface area contributed by atoms with Gasteiger partial charge in [0.25, 0.3) is 5.56 Å². The van der Waals surface area contributed by atoms with Gasteiger partial charge in [0.15, 0.2) is 11.6 Å². The van der Waals surface area contributed by atoms with E-state index in [1.54, 1.807) is 24.9 Å². The lowest BCUT2D eigenvalue weighted by atomic mass is 9.73. The largest absolute Gasteiger partial charge is 0.486 e. The number of piperidine rings is 1. The maximum atomic E-state index is 13.5. The SMILES string of the molecule is COCC1C[C@H]2COc3c(Sc4c(N)nc(N5CCC6(CC5)CO[C@@H](C)[C@H]6N)n(C)c4=O)ccnc3N2C1. The van der Waals surface area contributed by atoms with E-state index in [1.165, 1.54) is 11.8 Å². The summed E-state index contributed by atoms with van der Waals surface area (Å²) >= 11 is 1.30. The molecule has 0 radical (unpaired) electrons. The van der Waals surface area contributed by atoms with Crippen LogP contribution >= 0.6 is 11.8 Å². The Morgan fingerprint density at radius 1 is 1.32 bits per heavy atom. The van der Waals surface area contributed by atoms with E-state index in [2.05, 4.69) is 14.8 Å². The number of nitrogens with zero attached hydrogens (tertiary/aromatic N) is 5. The van der Waals surface area contributed by atoms with Crippen molar-refractivity contribution in [3.63, 3.8) is 0 Å². The van der Waals surface area contributed by atoms with Gasteiger partial charge in [0, 0.05) is 57.4 Å². The third-order valence-electron chi connectivity index (χ3n) is 8.80. The maximum Gasteiger partial charge on any atom is 0.270 e. The first-order valence-electron chi connectivity index (χ1n) is 13.3. The predicted octanol–water partition coefficient (Wildman–Crippen LogP) is 1.48. The number of hydrogen-bond donors (Lipinski definition) is 2. The van der Waals surface area contributed by atoms with Gasteiger partial charge in [-0.1, -0.05) is 11.8 Å². The van der Waals surface area contributed by atoms with Gasteiger partial charge in [0.2, 0.25) is 5.95 Å². The Hall–Kier alpha value is -2.54. The summed E-state index contributed by atoms with van der Waals surface area (Å²) in [7, 11) is 3.50. The summed E-state index contributed by atoms with van der Waals surface area (Å²) < 4.78 is 19.0. The molecule has 4 aliphatic rings. The first-order valence-corrected chi connectivity index (χ1v) is 14.2. The Labute approximate surface area is 226 Å². The highest BCUT2D eigenvalue weighted by molar-refractivity contribution is 7.99. The van der Waals surface area contributed by atoms with E-state index in [0.717, 1.165) is 56.2 Å². The second-order valence-corrected chi connectivity index (χ2v) is 12.2. The lowest BCUT2D eigenvalue weighted by Crippen LogP contribution is -2.51. The standard InChI is InChI=1S/C26H37N7O4S/c1-15-21(27)26(14-37-15)5-8-32(9-6-26)25-30-22(28)20(24(34)31(25)2)38-18-4-7-29-23-19(18)36-13-17-10-16(12-35-3)11-33(17)23/h4,7,15-17,21H,5-6,8-14,27-28H2,1-3H3/t15-,16?,17-,21+/m0/s1. The third kappa shape index (κ3) is 4.21. The number of pyridine rings is 1. The topological polar surface area (TPSA) is 134 Å². The van der Waals surface area contributed by atoms with Gasteiger partial charge >= 0.3 is 0 Å². The van der Waals surface area contributed by atoms with Crippen molar-refractivity contribution in [2.75, 3.05) is 62.1 Å².